The minimum Gasteiger partial charge on any atom is -0.338 e. The van der Waals surface area contributed by atoms with Gasteiger partial charge >= 0.3 is 0 Å². The number of nitrogens with zero attached hydrogens (tertiary/aromatic N) is 4. The van der Waals surface area contributed by atoms with Crippen molar-refractivity contribution in [3.63, 3.8) is 0 Å². The van der Waals surface area contributed by atoms with Gasteiger partial charge in [-0.1, -0.05) is 36.4 Å². The summed E-state index contributed by atoms with van der Waals surface area (Å²) in [5, 5.41) is 0.787. The molecule has 27 heavy (non-hydrogen) atoms. The Labute approximate surface area is 159 Å². The molecule has 0 N–H and O–H groups in total. The van der Waals surface area contributed by atoms with Gasteiger partial charge in [-0.25, -0.2) is 18.4 Å². The van der Waals surface area contributed by atoms with Crippen LogP contribution in [0, 0.1) is 0 Å². The van der Waals surface area contributed by atoms with E-state index in [9.17, 15) is 8.42 Å². The lowest BCUT2D eigenvalue weighted by Crippen LogP contribution is -2.45. The molecule has 2 aromatic carbocycles. The summed E-state index contributed by atoms with van der Waals surface area (Å²) in [4.78, 5) is 14.1. The van der Waals surface area contributed by atoms with Crippen LogP contribution in [0.25, 0.3) is 10.9 Å². The Morgan fingerprint density at radius 3 is 2.30 bits per heavy atom. The van der Waals surface area contributed by atoms with E-state index in [1.165, 1.54) is 0 Å². The highest BCUT2D eigenvalue weighted by Crippen LogP contribution is 2.24. The number of anilines is 1. The van der Waals surface area contributed by atoms with Crippen molar-refractivity contribution in [2.24, 2.45) is 0 Å². The molecular formula is C20H22N4O2S. The van der Waals surface area contributed by atoms with Gasteiger partial charge in [-0.15, -0.1) is 0 Å². The quantitative estimate of drug-likeness (QED) is 0.690. The second-order valence-electron chi connectivity index (χ2n) is 6.85. The van der Waals surface area contributed by atoms with Crippen molar-refractivity contribution in [3.8, 4) is 0 Å². The van der Waals surface area contributed by atoms with Crippen molar-refractivity contribution in [1.82, 2.24) is 14.9 Å². The van der Waals surface area contributed by atoms with Gasteiger partial charge < -0.3 is 9.80 Å². The normalized spacial score (nSPS) is 16.0. The van der Waals surface area contributed by atoms with E-state index in [1.807, 2.05) is 30.3 Å². The van der Waals surface area contributed by atoms with Crippen molar-refractivity contribution in [2.75, 3.05) is 38.1 Å². The second kappa shape index (κ2) is 7.25. The average molecular weight is 382 g/mol. The SMILES string of the molecule is CN1CCN(c2nc(CS(=O)(=O)c3ccccc3)c3ccccc3n2)CC1. The van der Waals surface area contributed by atoms with Crippen LogP contribution in [0.4, 0.5) is 5.95 Å². The van der Waals surface area contributed by atoms with E-state index in [2.05, 4.69) is 26.8 Å². The molecule has 0 atom stereocenters. The molecule has 0 radical (unpaired) electrons. The molecule has 0 amide bonds. The number of piperazine rings is 1. The number of benzene rings is 2. The molecule has 4 rings (SSSR count). The van der Waals surface area contributed by atoms with Gasteiger partial charge in [0.05, 0.1) is 21.9 Å². The predicted molar refractivity (Wildman–Crippen MR) is 107 cm³/mol. The minimum atomic E-state index is -3.48. The molecule has 1 saturated heterocycles. The van der Waals surface area contributed by atoms with Crippen LogP contribution in [-0.4, -0.2) is 56.5 Å². The predicted octanol–water partition coefficient (Wildman–Crippen LogP) is 2.36. The molecule has 6 nitrogen and oxygen atoms in total. The maximum atomic E-state index is 12.9. The number of likely N-dealkylation sites (N-methyl/N-ethyl adjacent to an activating group) is 1. The van der Waals surface area contributed by atoms with Crippen LogP contribution in [0.5, 0.6) is 0 Å². The van der Waals surface area contributed by atoms with Gasteiger partial charge in [-0.3, -0.25) is 0 Å². The Hall–Kier alpha value is -2.51. The van der Waals surface area contributed by atoms with E-state index >= 15 is 0 Å². The van der Waals surface area contributed by atoms with Crippen LogP contribution in [-0.2, 0) is 15.6 Å². The lowest BCUT2D eigenvalue weighted by Gasteiger charge is -2.32. The molecule has 1 aliphatic rings. The van der Waals surface area contributed by atoms with Crippen LogP contribution in [0.1, 0.15) is 5.69 Å². The number of aromatic nitrogens is 2. The zero-order valence-corrected chi connectivity index (χ0v) is 16.1. The average Bonchev–Trinajstić information content (AvgIpc) is 2.69. The highest BCUT2D eigenvalue weighted by molar-refractivity contribution is 7.90. The fourth-order valence-corrected chi connectivity index (χ4v) is 4.60. The van der Waals surface area contributed by atoms with Gasteiger partial charge in [-0.2, -0.15) is 0 Å². The number of fused-ring (bicyclic) bond motifs is 1. The van der Waals surface area contributed by atoms with E-state index in [0.717, 1.165) is 37.1 Å². The first kappa shape index (κ1) is 17.9. The summed E-state index contributed by atoms with van der Waals surface area (Å²) >= 11 is 0. The number of rotatable bonds is 4. The summed E-state index contributed by atoms with van der Waals surface area (Å²) in [5.41, 5.74) is 1.33. The highest BCUT2D eigenvalue weighted by Gasteiger charge is 2.22. The Morgan fingerprint density at radius 1 is 0.889 bits per heavy atom. The lowest BCUT2D eigenvalue weighted by atomic mass is 10.2. The Kier molecular flexibility index (Phi) is 4.80. The third-order valence-corrected chi connectivity index (χ3v) is 6.53. The topological polar surface area (TPSA) is 66.4 Å². The maximum Gasteiger partial charge on any atom is 0.226 e. The number of hydrogen-bond acceptors (Lipinski definition) is 6. The fraction of sp³-hybridized carbons (Fsp3) is 0.300. The third kappa shape index (κ3) is 3.79. The summed E-state index contributed by atoms with van der Waals surface area (Å²) in [6, 6.07) is 16.1. The molecule has 140 valence electrons. The van der Waals surface area contributed by atoms with Gasteiger partial charge in [0, 0.05) is 31.6 Å². The molecule has 0 saturated carbocycles. The third-order valence-electron chi connectivity index (χ3n) is 4.89. The number of hydrogen-bond donors (Lipinski definition) is 0. The van der Waals surface area contributed by atoms with Crippen molar-refractivity contribution >= 4 is 26.7 Å². The number of para-hydroxylation sites is 1. The molecule has 0 aliphatic carbocycles. The Morgan fingerprint density at radius 2 is 1.56 bits per heavy atom. The summed E-state index contributed by atoms with van der Waals surface area (Å²) in [6.45, 7) is 3.54. The maximum absolute atomic E-state index is 12.9. The zero-order chi connectivity index (χ0) is 18.9. The molecule has 1 fully saturated rings. The minimum absolute atomic E-state index is 0.138. The first-order chi connectivity index (χ1) is 13.0. The molecule has 0 bridgehead atoms. The first-order valence-electron chi connectivity index (χ1n) is 9.00. The van der Waals surface area contributed by atoms with E-state index in [1.54, 1.807) is 24.3 Å². The molecule has 3 aromatic rings. The van der Waals surface area contributed by atoms with Crippen LogP contribution in [0.3, 0.4) is 0 Å². The van der Waals surface area contributed by atoms with Gasteiger partial charge in [0.25, 0.3) is 0 Å². The smallest absolute Gasteiger partial charge is 0.226 e. The van der Waals surface area contributed by atoms with E-state index in [-0.39, 0.29) is 5.75 Å². The largest absolute Gasteiger partial charge is 0.338 e. The first-order valence-corrected chi connectivity index (χ1v) is 10.7. The summed E-state index contributed by atoms with van der Waals surface area (Å²) < 4.78 is 25.8. The Balaban J connectivity index is 1.75. The summed E-state index contributed by atoms with van der Waals surface area (Å²) in [5.74, 6) is 0.473. The second-order valence-corrected chi connectivity index (χ2v) is 8.84. The molecule has 7 heteroatoms. The van der Waals surface area contributed by atoms with Crippen LogP contribution in [0.2, 0.25) is 0 Å². The van der Waals surface area contributed by atoms with Crippen LogP contribution < -0.4 is 4.90 Å². The standard InChI is InChI=1S/C20H22N4O2S/c1-23-11-13-24(14-12-23)20-21-18-10-6-5-9-17(18)19(22-20)15-27(25,26)16-7-3-2-4-8-16/h2-10H,11-15H2,1H3. The summed E-state index contributed by atoms with van der Waals surface area (Å²) in [7, 11) is -1.38. The van der Waals surface area contributed by atoms with Crippen molar-refractivity contribution in [3.05, 3.63) is 60.3 Å². The summed E-state index contributed by atoms with van der Waals surface area (Å²) in [6.07, 6.45) is 0. The van der Waals surface area contributed by atoms with Crippen molar-refractivity contribution < 1.29 is 8.42 Å². The van der Waals surface area contributed by atoms with Crippen molar-refractivity contribution in [2.45, 2.75) is 10.6 Å². The number of sulfone groups is 1. The molecule has 0 spiro atoms. The fourth-order valence-electron chi connectivity index (χ4n) is 3.28. The van der Waals surface area contributed by atoms with E-state index in [4.69, 9.17) is 0 Å². The zero-order valence-electron chi connectivity index (χ0n) is 15.2. The van der Waals surface area contributed by atoms with Gasteiger partial charge in [0.1, 0.15) is 0 Å². The van der Waals surface area contributed by atoms with Crippen molar-refractivity contribution in [1.29, 1.82) is 0 Å². The Bertz CT molecular complexity index is 1050. The molecular weight excluding hydrogens is 360 g/mol. The lowest BCUT2D eigenvalue weighted by molar-refractivity contribution is 0.311. The van der Waals surface area contributed by atoms with E-state index in [0.29, 0.717) is 16.5 Å². The molecule has 2 heterocycles. The monoisotopic (exact) mass is 382 g/mol. The molecule has 0 unspecified atom stereocenters. The van der Waals surface area contributed by atoms with Gasteiger partial charge in [0.15, 0.2) is 9.84 Å². The van der Waals surface area contributed by atoms with Crippen LogP contribution in [0.15, 0.2) is 59.5 Å². The molecule has 1 aliphatic heterocycles. The van der Waals surface area contributed by atoms with Gasteiger partial charge in [-0.05, 0) is 25.2 Å². The van der Waals surface area contributed by atoms with Crippen LogP contribution >= 0.6 is 0 Å². The highest BCUT2D eigenvalue weighted by atomic mass is 32.2. The molecule has 1 aromatic heterocycles. The van der Waals surface area contributed by atoms with E-state index < -0.39 is 9.84 Å². The van der Waals surface area contributed by atoms with Gasteiger partial charge in [0.2, 0.25) is 5.95 Å².